The summed E-state index contributed by atoms with van der Waals surface area (Å²) in [6.45, 7) is 8.86. The SMILES string of the molecule is CC(Cc1nc2cc(Cl)c(N)cc2o1)C(C)(C)C. The average Bonchev–Trinajstić information content (AvgIpc) is 2.59. The molecule has 3 nitrogen and oxygen atoms in total. The fraction of sp³-hybridized carbons (Fsp3) is 0.500. The Morgan fingerprint density at radius 2 is 2.06 bits per heavy atom. The maximum atomic E-state index is 5.97. The number of aromatic nitrogens is 1. The summed E-state index contributed by atoms with van der Waals surface area (Å²) >= 11 is 5.97. The Labute approximate surface area is 112 Å². The number of anilines is 1. The molecule has 2 N–H and O–H groups in total. The molecule has 0 bridgehead atoms. The molecule has 0 aliphatic rings. The van der Waals surface area contributed by atoms with E-state index in [1.807, 2.05) is 0 Å². The quantitative estimate of drug-likeness (QED) is 0.825. The topological polar surface area (TPSA) is 52.0 Å². The van der Waals surface area contributed by atoms with E-state index in [0.717, 1.165) is 17.8 Å². The number of hydrogen-bond acceptors (Lipinski definition) is 3. The first kappa shape index (κ1) is 13.2. The molecule has 0 radical (unpaired) electrons. The number of oxazole rings is 1. The van der Waals surface area contributed by atoms with Crippen molar-refractivity contribution >= 4 is 28.4 Å². The van der Waals surface area contributed by atoms with Crippen LogP contribution >= 0.6 is 11.6 Å². The van der Waals surface area contributed by atoms with Gasteiger partial charge >= 0.3 is 0 Å². The maximum absolute atomic E-state index is 5.97. The second kappa shape index (κ2) is 4.47. The van der Waals surface area contributed by atoms with Crippen molar-refractivity contribution in [2.24, 2.45) is 11.3 Å². The van der Waals surface area contributed by atoms with Crippen molar-refractivity contribution in [3.63, 3.8) is 0 Å². The van der Waals surface area contributed by atoms with Crippen LogP contribution in [0.3, 0.4) is 0 Å². The molecule has 0 saturated heterocycles. The predicted molar refractivity (Wildman–Crippen MR) is 75.8 cm³/mol. The lowest BCUT2D eigenvalue weighted by Crippen LogP contribution is -2.19. The molecule has 2 rings (SSSR count). The standard InChI is InChI=1S/C14H19ClN2O/c1-8(14(2,3)4)5-13-17-11-6-9(15)10(16)7-12(11)18-13/h6-8H,5,16H2,1-4H3. The minimum atomic E-state index is 0.233. The first-order chi connectivity index (χ1) is 8.27. The van der Waals surface area contributed by atoms with Crippen molar-refractivity contribution < 1.29 is 4.42 Å². The number of nitrogens with zero attached hydrogens (tertiary/aromatic N) is 1. The molecule has 0 amide bonds. The van der Waals surface area contributed by atoms with Gasteiger partial charge in [0.05, 0.1) is 10.7 Å². The summed E-state index contributed by atoms with van der Waals surface area (Å²) in [6, 6.07) is 3.48. The largest absolute Gasteiger partial charge is 0.441 e. The Hall–Kier alpha value is -1.22. The number of hydrogen-bond donors (Lipinski definition) is 1. The second-order valence-corrected chi connectivity index (χ2v) is 6.33. The summed E-state index contributed by atoms with van der Waals surface area (Å²) in [6.07, 6.45) is 0.815. The Morgan fingerprint density at radius 1 is 1.39 bits per heavy atom. The van der Waals surface area contributed by atoms with E-state index in [-0.39, 0.29) is 5.41 Å². The number of benzene rings is 1. The van der Waals surface area contributed by atoms with Crippen LogP contribution in [0.1, 0.15) is 33.6 Å². The number of nitrogens with two attached hydrogens (primary N) is 1. The van der Waals surface area contributed by atoms with Crippen LogP contribution in [0.2, 0.25) is 5.02 Å². The van der Waals surface area contributed by atoms with E-state index in [9.17, 15) is 0 Å². The van der Waals surface area contributed by atoms with Gasteiger partial charge in [-0.15, -0.1) is 0 Å². The minimum Gasteiger partial charge on any atom is -0.441 e. The molecule has 98 valence electrons. The summed E-state index contributed by atoms with van der Waals surface area (Å²) in [7, 11) is 0. The van der Waals surface area contributed by atoms with E-state index in [2.05, 4.69) is 32.7 Å². The lowest BCUT2D eigenvalue weighted by Gasteiger charge is -2.25. The van der Waals surface area contributed by atoms with Crippen molar-refractivity contribution in [3.05, 3.63) is 23.0 Å². The molecular weight excluding hydrogens is 248 g/mol. The first-order valence-corrected chi connectivity index (χ1v) is 6.49. The Kier molecular flexibility index (Phi) is 3.28. The fourth-order valence-electron chi connectivity index (χ4n) is 1.67. The Bertz CT molecular complexity index is 530. The van der Waals surface area contributed by atoms with E-state index >= 15 is 0 Å². The van der Waals surface area contributed by atoms with Gasteiger partial charge in [0.2, 0.25) is 0 Å². The third-order valence-electron chi connectivity index (χ3n) is 3.51. The molecule has 18 heavy (non-hydrogen) atoms. The van der Waals surface area contributed by atoms with Crippen LogP contribution in [-0.2, 0) is 6.42 Å². The zero-order valence-electron chi connectivity index (χ0n) is 11.2. The maximum Gasteiger partial charge on any atom is 0.195 e. The second-order valence-electron chi connectivity index (χ2n) is 5.92. The van der Waals surface area contributed by atoms with Gasteiger partial charge in [-0.1, -0.05) is 39.3 Å². The number of fused-ring (bicyclic) bond motifs is 1. The molecule has 1 heterocycles. The summed E-state index contributed by atoms with van der Waals surface area (Å²) < 4.78 is 5.72. The Morgan fingerprint density at radius 3 is 2.67 bits per heavy atom. The zero-order valence-corrected chi connectivity index (χ0v) is 12.0. The van der Waals surface area contributed by atoms with Gasteiger partial charge in [0.15, 0.2) is 11.5 Å². The third-order valence-corrected chi connectivity index (χ3v) is 3.84. The first-order valence-electron chi connectivity index (χ1n) is 6.12. The van der Waals surface area contributed by atoms with Crippen molar-refractivity contribution in [1.29, 1.82) is 0 Å². The molecular formula is C14H19ClN2O. The van der Waals surface area contributed by atoms with Gasteiger partial charge in [-0.25, -0.2) is 4.98 Å². The van der Waals surface area contributed by atoms with E-state index in [0.29, 0.717) is 22.2 Å². The van der Waals surface area contributed by atoms with E-state index in [1.54, 1.807) is 12.1 Å². The molecule has 0 saturated carbocycles. The third kappa shape index (κ3) is 2.61. The molecule has 1 atom stereocenters. The normalized spacial score (nSPS) is 14.1. The number of nitrogen functional groups attached to an aromatic ring is 1. The monoisotopic (exact) mass is 266 g/mol. The smallest absolute Gasteiger partial charge is 0.195 e. The fourth-order valence-corrected chi connectivity index (χ4v) is 1.83. The molecule has 1 aromatic heterocycles. The van der Waals surface area contributed by atoms with Crippen LogP contribution in [0.25, 0.3) is 11.1 Å². The van der Waals surface area contributed by atoms with Gasteiger partial charge in [0.1, 0.15) is 5.52 Å². The van der Waals surface area contributed by atoms with Crippen LogP contribution in [-0.4, -0.2) is 4.98 Å². The van der Waals surface area contributed by atoms with Crippen molar-refractivity contribution in [1.82, 2.24) is 4.98 Å². The van der Waals surface area contributed by atoms with Gasteiger partial charge in [0.25, 0.3) is 0 Å². The molecule has 1 unspecified atom stereocenters. The highest BCUT2D eigenvalue weighted by molar-refractivity contribution is 6.33. The van der Waals surface area contributed by atoms with Crippen LogP contribution in [0, 0.1) is 11.3 Å². The average molecular weight is 267 g/mol. The van der Waals surface area contributed by atoms with E-state index in [1.165, 1.54) is 0 Å². The highest BCUT2D eigenvalue weighted by Crippen LogP contribution is 2.31. The van der Waals surface area contributed by atoms with Crippen LogP contribution < -0.4 is 5.73 Å². The Balaban J connectivity index is 2.31. The lowest BCUT2D eigenvalue weighted by molar-refractivity contribution is 0.246. The van der Waals surface area contributed by atoms with Gasteiger partial charge in [-0.3, -0.25) is 0 Å². The van der Waals surface area contributed by atoms with Crippen LogP contribution in [0.4, 0.5) is 5.69 Å². The number of rotatable bonds is 2. The van der Waals surface area contributed by atoms with E-state index < -0.39 is 0 Å². The molecule has 0 aliphatic carbocycles. The van der Waals surface area contributed by atoms with E-state index in [4.69, 9.17) is 21.8 Å². The van der Waals surface area contributed by atoms with Crippen LogP contribution in [0.15, 0.2) is 16.5 Å². The lowest BCUT2D eigenvalue weighted by atomic mass is 9.80. The summed E-state index contributed by atoms with van der Waals surface area (Å²) in [4.78, 5) is 4.46. The van der Waals surface area contributed by atoms with Crippen molar-refractivity contribution in [3.8, 4) is 0 Å². The van der Waals surface area contributed by atoms with Crippen molar-refractivity contribution in [2.45, 2.75) is 34.1 Å². The minimum absolute atomic E-state index is 0.233. The van der Waals surface area contributed by atoms with Gasteiger partial charge in [-0.05, 0) is 17.4 Å². The molecule has 1 aromatic carbocycles. The number of halogens is 1. The molecule has 4 heteroatoms. The zero-order chi connectivity index (χ0) is 13.5. The van der Waals surface area contributed by atoms with Crippen LogP contribution in [0.5, 0.6) is 0 Å². The molecule has 0 fully saturated rings. The van der Waals surface area contributed by atoms with Gasteiger partial charge in [0, 0.05) is 12.5 Å². The highest BCUT2D eigenvalue weighted by Gasteiger charge is 2.22. The van der Waals surface area contributed by atoms with Gasteiger partial charge < -0.3 is 10.2 Å². The van der Waals surface area contributed by atoms with Crippen molar-refractivity contribution in [2.75, 3.05) is 5.73 Å². The molecule has 0 spiro atoms. The van der Waals surface area contributed by atoms with Gasteiger partial charge in [-0.2, -0.15) is 0 Å². The predicted octanol–water partition coefficient (Wildman–Crippen LogP) is 4.29. The summed E-state index contributed by atoms with van der Waals surface area (Å²) in [5.41, 5.74) is 7.97. The highest BCUT2D eigenvalue weighted by atomic mass is 35.5. The molecule has 0 aliphatic heterocycles. The molecule has 2 aromatic rings. The summed E-state index contributed by atoms with van der Waals surface area (Å²) in [5, 5.41) is 0.520. The summed E-state index contributed by atoms with van der Waals surface area (Å²) in [5.74, 6) is 1.23.